The minimum atomic E-state index is -4.79. The van der Waals surface area contributed by atoms with Gasteiger partial charge in [0.05, 0.1) is 46.0 Å². The van der Waals surface area contributed by atoms with E-state index in [9.17, 15) is 70.3 Å². The SMILES string of the molecule is COc1ccc(-c2c(-c3ccc(S(C)(=O)=O)cc3)cnn(CC(F)(F)F)c2=O)cc1F.CS(=O)(=O)c1ccc(-c2cnn(CC(F)(F)F)c(=O)c2-c2cccc(C(F)(F)F)c2)cc1. The summed E-state index contributed by atoms with van der Waals surface area (Å²) in [4.78, 5) is 25.7. The Balaban J connectivity index is 0.000000238. The number of aromatic nitrogens is 4. The Hall–Kier alpha value is -6.36. The predicted molar refractivity (Wildman–Crippen MR) is 209 cm³/mol. The molecule has 0 fully saturated rings. The third kappa shape index (κ3) is 11.8. The first-order chi connectivity index (χ1) is 29.1. The molecule has 0 radical (unpaired) electrons. The number of halogens is 10. The van der Waals surface area contributed by atoms with Crippen LogP contribution in [0, 0.1) is 5.82 Å². The molecule has 0 spiro atoms. The van der Waals surface area contributed by atoms with Gasteiger partial charge in [0.2, 0.25) is 0 Å². The summed E-state index contributed by atoms with van der Waals surface area (Å²) in [5, 5.41) is 7.11. The average Bonchev–Trinajstić information content (AvgIpc) is 3.18. The lowest BCUT2D eigenvalue weighted by atomic mass is 9.96. The van der Waals surface area contributed by atoms with Crippen LogP contribution in [0.1, 0.15) is 5.56 Å². The van der Waals surface area contributed by atoms with E-state index in [0.717, 1.165) is 49.2 Å². The highest BCUT2D eigenvalue weighted by Gasteiger charge is 2.33. The Kier molecular flexibility index (Phi) is 13.5. The van der Waals surface area contributed by atoms with Crippen molar-refractivity contribution in [1.29, 1.82) is 0 Å². The summed E-state index contributed by atoms with van der Waals surface area (Å²) >= 11 is 0. The van der Waals surface area contributed by atoms with Crippen molar-refractivity contribution >= 4 is 19.7 Å². The van der Waals surface area contributed by atoms with Gasteiger partial charge in [0, 0.05) is 23.6 Å². The van der Waals surface area contributed by atoms with Gasteiger partial charge in [-0.1, -0.05) is 42.5 Å². The average molecular weight is 933 g/mol. The monoisotopic (exact) mass is 932 g/mol. The number of hydrogen-bond donors (Lipinski definition) is 0. The fourth-order valence-corrected chi connectivity index (χ4v) is 7.24. The maximum absolute atomic E-state index is 14.3. The second kappa shape index (κ2) is 17.8. The summed E-state index contributed by atoms with van der Waals surface area (Å²) in [5.41, 5.74) is -3.72. The predicted octanol–water partition coefficient (Wildman–Crippen LogP) is 8.25. The Bertz CT molecular complexity index is 3000. The zero-order chi connectivity index (χ0) is 46.9. The second-order valence-corrected chi connectivity index (χ2v) is 17.6. The van der Waals surface area contributed by atoms with Crippen LogP contribution >= 0.6 is 0 Å². The molecule has 2 heterocycles. The van der Waals surface area contributed by atoms with Crippen molar-refractivity contribution in [1.82, 2.24) is 19.6 Å². The molecule has 63 heavy (non-hydrogen) atoms. The highest BCUT2D eigenvalue weighted by molar-refractivity contribution is 7.91. The number of benzene rings is 4. The van der Waals surface area contributed by atoms with E-state index in [1.165, 1.54) is 67.8 Å². The molecule has 11 nitrogen and oxygen atoms in total. The first kappa shape index (κ1) is 47.7. The van der Waals surface area contributed by atoms with Crippen molar-refractivity contribution in [2.75, 3.05) is 19.6 Å². The molecule has 0 unspecified atom stereocenters. The van der Waals surface area contributed by atoms with Crippen LogP contribution in [-0.4, -0.2) is 68.4 Å². The van der Waals surface area contributed by atoms with Crippen molar-refractivity contribution in [3.8, 4) is 50.3 Å². The molecule has 6 rings (SSSR count). The smallest absolute Gasteiger partial charge is 0.416 e. The van der Waals surface area contributed by atoms with Crippen molar-refractivity contribution in [2.45, 2.75) is 41.4 Å². The lowest BCUT2D eigenvalue weighted by Gasteiger charge is -2.15. The van der Waals surface area contributed by atoms with Gasteiger partial charge in [0.25, 0.3) is 11.1 Å². The summed E-state index contributed by atoms with van der Waals surface area (Å²) in [7, 11) is -5.79. The Morgan fingerprint density at radius 2 is 0.968 bits per heavy atom. The summed E-state index contributed by atoms with van der Waals surface area (Å²) in [6, 6.07) is 17.6. The molecule has 6 aromatic rings. The molecule has 0 atom stereocenters. The van der Waals surface area contributed by atoms with Gasteiger partial charge in [-0.15, -0.1) is 0 Å². The molecule has 0 aliphatic heterocycles. The van der Waals surface area contributed by atoms with Gasteiger partial charge < -0.3 is 4.74 Å². The second-order valence-electron chi connectivity index (χ2n) is 13.5. The number of sulfone groups is 2. The zero-order valence-corrected chi connectivity index (χ0v) is 34.1. The van der Waals surface area contributed by atoms with Crippen molar-refractivity contribution in [3.05, 3.63) is 135 Å². The molecule has 0 saturated carbocycles. The molecule has 2 aromatic heterocycles. The fraction of sp³-hybridized carbons (Fsp3) is 0.200. The lowest BCUT2D eigenvalue weighted by Crippen LogP contribution is -2.31. The summed E-state index contributed by atoms with van der Waals surface area (Å²) in [6.07, 6.45) is -10.3. The molecule has 0 aliphatic carbocycles. The first-order valence-electron chi connectivity index (χ1n) is 17.5. The Morgan fingerprint density at radius 3 is 1.32 bits per heavy atom. The van der Waals surface area contributed by atoms with Gasteiger partial charge in [-0.25, -0.2) is 30.6 Å². The molecule has 0 saturated heterocycles. The van der Waals surface area contributed by atoms with Crippen LogP contribution in [0.2, 0.25) is 0 Å². The topological polar surface area (TPSA) is 147 Å². The van der Waals surface area contributed by atoms with Gasteiger partial charge in [0.15, 0.2) is 31.2 Å². The standard InChI is InChI=1S/C20H14F6N2O3S.C20H16F4N2O4S/c1-32(30,31)15-7-5-12(6-8-15)16-10-27-28(11-19(21,22)23)18(29)17(16)13-3-2-4-14(9-13)20(24,25)26;1-30-17-8-5-13(9-16(17)21)18-15(10-25-26(19(18)27)11-20(22,23)24)12-3-6-14(7-4-12)31(2,28)29/h2-10H,11H2,1H3;3-10H,11H2,1-2H3. The normalized spacial score (nSPS) is 12.4. The van der Waals surface area contributed by atoms with Crippen molar-refractivity contribution in [3.63, 3.8) is 0 Å². The highest BCUT2D eigenvalue weighted by Crippen LogP contribution is 2.36. The minimum Gasteiger partial charge on any atom is -0.494 e. The maximum atomic E-state index is 14.3. The largest absolute Gasteiger partial charge is 0.494 e. The van der Waals surface area contributed by atoms with Crippen LogP contribution in [0.15, 0.2) is 123 Å². The van der Waals surface area contributed by atoms with Crippen LogP contribution in [0.25, 0.3) is 44.5 Å². The highest BCUT2D eigenvalue weighted by atomic mass is 32.2. The van der Waals surface area contributed by atoms with E-state index in [2.05, 4.69) is 10.2 Å². The van der Waals surface area contributed by atoms with E-state index in [1.807, 2.05) is 0 Å². The van der Waals surface area contributed by atoms with E-state index in [4.69, 9.17) is 4.74 Å². The van der Waals surface area contributed by atoms with E-state index in [0.29, 0.717) is 11.6 Å². The summed E-state index contributed by atoms with van der Waals surface area (Å²) in [5.74, 6) is -0.913. The first-order valence-corrected chi connectivity index (χ1v) is 21.3. The van der Waals surface area contributed by atoms with Gasteiger partial charge >= 0.3 is 18.5 Å². The molecule has 0 bridgehead atoms. The van der Waals surface area contributed by atoms with Crippen molar-refractivity contribution in [2.24, 2.45) is 0 Å². The zero-order valence-electron chi connectivity index (χ0n) is 32.5. The van der Waals surface area contributed by atoms with E-state index >= 15 is 0 Å². The van der Waals surface area contributed by atoms with Crippen LogP contribution in [0.4, 0.5) is 43.9 Å². The number of ether oxygens (including phenoxy) is 1. The fourth-order valence-electron chi connectivity index (χ4n) is 5.97. The van der Waals surface area contributed by atoms with E-state index in [-0.39, 0.29) is 58.3 Å². The molecule has 334 valence electrons. The Labute approximate surface area is 350 Å². The van der Waals surface area contributed by atoms with Gasteiger partial charge in [-0.2, -0.15) is 49.7 Å². The van der Waals surface area contributed by atoms with E-state index < -0.39 is 79.4 Å². The molecule has 23 heteroatoms. The number of hydrogen-bond acceptors (Lipinski definition) is 9. The molecular formula is C40H30F10N4O7S2. The molecule has 0 N–H and O–H groups in total. The van der Waals surface area contributed by atoms with Gasteiger partial charge in [0.1, 0.15) is 13.1 Å². The minimum absolute atomic E-state index is 0.0174. The van der Waals surface area contributed by atoms with Crippen LogP contribution in [0.5, 0.6) is 5.75 Å². The third-order valence-corrected chi connectivity index (χ3v) is 11.1. The maximum Gasteiger partial charge on any atom is 0.416 e. The summed E-state index contributed by atoms with van der Waals surface area (Å²) in [6.45, 7) is -3.35. The molecule has 0 amide bonds. The van der Waals surface area contributed by atoms with Crippen LogP contribution in [-0.2, 0) is 38.9 Å². The third-order valence-electron chi connectivity index (χ3n) is 8.85. The van der Waals surface area contributed by atoms with E-state index in [1.54, 1.807) is 0 Å². The van der Waals surface area contributed by atoms with Crippen molar-refractivity contribution < 1.29 is 65.5 Å². The number of methoxy groups -OCH3 is 1. The quantitative estimate of drug-likeness (QED) is 0.131. The summed E-state index contributed by atoms with van der Waals surface area (Å²) < 4.78 is 183. The van der Waals surface area contributed by atoms with Crippen LogP contribution in [0.3, 0.4) is 0 Å². The van der Waals surface area contributed by atoms with Gasteiger partial charge in [-0.05, 0) is 70.8 Å². The van der Waals surface area contributed by atoms with Crippen LogP contribution < -0.4 is 15.9 Å². The lowest BCUT2D eigenvalue weighted by molar-refractivity contribution is -0.144. The molecule has 4 aromatic carbocycles. The Morgan fingerprint density at radius 1 is 0.571 bits per heavy atom. The number of nitrogens with zero attached hydrogens (tertiary/aromatic N) is 4. The number of alkyl halides is 9. The van der Waals surface area contributed by atoms with Gasteiger partial charge in [-0.3, -0.25) is 9.59 Å². The molecular weight excluding hydrogens is 903 g/mol. The number of rotatable bonds is 9. The molecule has 0 aliphatic rings.